The molecule has 0 atom stereocenters. The molecule has 0 bridgehead atoms. The van der Waals surface area contributed by atoms with Crippen LogP contribution in [0.3, 0.4) is 0 Å². The summed E-state index contributed by atoms with van der Waals surface area (Å²) >= 11 is 0. The van der Waals surface area contributed by atoms with Crippen molar-refractivity contribution in [2.75, 3.05) is 0 Å². The minimum absolute atomic E-state index is 0. The van der Waals surface area contributed by atoms with E-state index in [9.17, 15) is 0 Å². The minimum Gasteiger partial charge on any atom is -0.346 e. The van der Waals surface area contributed by atoms with Crippen molar-refractivity contribution in [2.45, 2.75) is 13.8 Å². The van der Waals surface area contributed by atoms with Crippen LogP contribution in [0.15, 0.2) is 60.7 Å². The summed E-state index contributed by atoms with van der Waals surface area (Å²) < 4.78 is 0. The SMILES string of the molecule is [CH2-]C.[CH2-]C.[Zn+2].c1ccc2cc3ccccc3cc2c1. The molecule has 0 amide bonds. The fourth-order valence-electron chi connectivity index (χ4n) is 1.88. The largest absolute Gasteiger partial charge is 2.00 e. The van der Waals surface area contributed by atoms with Crippen molar-refractivity contribution in [3.05, 3.63) is 74.5 Å². The molecule has 0 fully saturated rings. The van der Waals surface area contributed by atoms with Gasteiger partial charge in [0.2, 0.25) is 0 Å². The third kappa shape index (κ3) is 4.44. The first-order valence-electron chi connectivity index (χ1n) is 6.22. The van der Waals surface area contributed by atoms with Crippen LogP contribution in [0.4, 0.5) is 0 Å². The van der Waals surface area contributed by atoms with Gasteiger partial charge in [-0.25, -0.2) is 0 Å². The molecule has 0 aliphatic rings. The molecule has 3 aromatic carbocycles. The fraction of sp³-hybridized carbons (Fsp3) is 0.111. The van der Waals surface area contributed by atoms with E-state index in [1.165, 1.54) is 21.5 Å². The number of fused-ring (bicyclic) bond motifs is 2. The Balaban J connectivity index is 0.000000597. The third-order valence-corrected chi connectivity index (χ3v) is 2.61. The van der Waals surface area contributed by atoms with Crippen molar-refractivity contribution in [2.24, 2.45) is 0 Å². The molecule has 0 N–H and O–H groups in total. The Morgan fingerprint density at radius 2 is 0.737 bits per heavy atom. The molecule has 94 valence electrons. The van der Waals surface area contributed by atoms with Gasteiger partial charge in [0, 0.05) is 0 Å². The zero-order chi connectivity index (χ0) is 13.4. The molecule has 3 rings (SSSR count). The van der Waals surface area contributed by atoms with Gasteiger partial charge in [-0.2, -0.15) is 13.8 Å². The van der Waals surface area contributed by atoms with E-state index < -0.39 is 0 Å². The number of benzene rings is 3. The maximum Gasteiger partial charge on any atom is 2.00 e. The average Bonchev–Trinajstić information content (AvgIpc) is 2.49. The van der Waals surface area contributed by atoms with Crippen molar-refractivity contribution in [1.29, 1.82) is 0 Å². The number of hydrogen-bond donors (Lipinski definition) is 0. The van der Waals surface area contributed by atoms with E-state index in [0.717, 1.165) is 0 Å². The van der Waals surface area contributed by atoms with Crippen LogP contribution < -0.4 is 0 Å². The predicted octanol–water partition coefficient (Wildman–Crippen LogP) is 5.67. The van der Waals surface area contributed by atoms with Gasteiger partial charge in [0.25, 0.3) is 0 Å². The van der Waals surface area contributed by atoms with Gasteiger partial charge >= 0.3 is 19.5 Å². The summed E-state index contributed by atoms with van der Waals surface area (Å²) in [7, 11) is 0. The van der Waals surface area contributed by atoms with E-state index in [1.54, 1.807) is 13.8 Å². The summed E-state index contributed by atoms with van der Waals surface area (Å²) in [4.78, 5) is 0. The van der Waals surface area contributed by atoms with Gasteiger partial charge in [-0.15, -0.1) is 0 Å². The monoisotopic (exact) mass is 300 g/mol. The second kappa shape index (κ2) is 9.70. The van der Waals surface area contributed by atoms with Crippen LogP contribution in [0.1, 0.15) is 13.8 Å². The number of rotatable bonds is 0. The molecule has 0 nitrogen and oxygen atoms in total. The summed E-state index contributed by atoms with van der Waals surface area (Å²) in [6, 6.07) is 21.4. The maximum absolute atomic E-state index is 3.25. The summed E-state index contributed by atoms with van der Waals surface area (Å²) in [5.41, 5.74) is 0. The summed E-state index contributed by atoms with van der Waals surface area (Å²) in [5.74, 6) is 0. The first-order valence-corrected chi connectivity index (χ1v) is 6.22. The molecule has 0 radical (unpaired) electrons. The Morgan fingerprint density at radius 3 is 0.947 bits per heavy atom. The average molecular weight is 302 g/mol. The smallest absolute Gasteiger partial charge is 0.346 e. The zero-order valence-electron chi connectivity index (χ0n) is 11.9. The van der Waals surface area contributed by atoms with E-state index in [-0.39, 0.29) is 19.5 Å². The van der Waals surface area contributed by atoms with E-state index >= 15 is 0 Å². The molecule has 0 aromatic heterocycles. The van der Waals surface area contributed by atoms with Crippen LogP contribution >= 0.6 is 0 Å². The summed E-state index contributed by atoms with van der Waals surface area (Å²) in [5, 5.41) is 5.25. The normalized spacial score (nSPS) is 8.63. The number of hydrogen-bond acceptors (Lipinski definition) is 0. The third-order valence-electron chi connectivity index (χ3n) is 2.61. The second-order valence-corrected chi connectivity index (χ2v) is 3.55. The molecule has 0 aliphatic heterocycles. The molecule has 1 heteroatoms. The topological polar surface area (TPSA) is 0 Å². The van der Waals surface area contributed by atoms with Crippen molar-refractivity contribution < 1.29 is 19.5 Å². The maximum atomic E-state index is 3.25. The molecular formula is C18H20Zn. The Kier molecular flexibility index (Phi) is 9.09. The Bertz CT molecular complexity index is 494. The van der Waals surface area contributed by atoms with Crippen molar-refractivity contribution >= 4 is 21.5 Å². The molecule has 0 saturated carbocycles. The van der Waals surface area contributed by atoms with Crippen LogP contribution in [0.25, 0.3) is 21.5 Å². The first kappa shape index (κ1) is 17.8. The van der Waals surface area contributed by atoms with Gasteiger partial charge in [-0.1, -0.05) is 48.5 Å². The van der Waals surface area contributed by atoms with Gasteiger partial charge in [0.1, 0.15) is 0 Å². The first-order chi connectivity index (χ1) is 8.93. The second-order valence-electron chi connectivity index (χ2n) is 3.55. The summed E-state index contributed by atoms with van der Waals surface area (Å²) in [6.45, 7) is 10.0. The van der Waals surface area contributed by atoms with Crippen LogP contribution in [0.2, 0.25) is 0 Å². The molecule has 0 saturated heterocycles. The van der Waals surface area contributed by atoms with E-state index in [4.69, 9.17) is 0 Å². The van der Waals surface area contributed by atoms with E-state index in [0.29, 0.717) is 0 Å². The zero-order valence-corrected chi connectivity index (χ0v) is 14.9. The molecular weight excluding hydrogens is 282 g/mol. The van der Waals surface area contributed by atoms with Gasteiger partial charge in [-0.05, 0) is 33.7 Å². The van der Waals surface area contributed by atoms with Crippen LogP contribution in [-0.2, 0) is 19.5 Å². The van der Waals surface area contributed by atoms with E-state index in [2.05, 4.69) is 74.5 Å². The van der Waals surface area contributed by atoms with Crippen LogP contribution in [0.5, 0.6) is 0 Å². The van der Waals surface area contributed by atoms with Crippen molar-refractivity contribution in [1.82, 2.24) is 0 Å². The van der Waals surface area contributed by atoms with Gasteiger partial charge < -0.3 is 13.8 Å². The molecule has 0 unspecified atom stereocenters. The molecule has 0 aliphatic carbocycles. The predicted molar refractivity (Wildman–Crippen MR) is 83.5 cm³/mol. The Hall–Kier alpha value is -1.20. The van der Waals surface area contributed by atoms with Gasteiger partial charge in [-0.3, -0.25) is 0 Å². The molecule has 19 heavy (non-hydrogen) atoms. The van der Waals surface area contributed by atoms with Gasteiger partial charge in [0.05, 0.1) is 0 Å². The standard InChI is InChI=1S/C14H10.2C2H5.Zn/c1-2-6-12-10-14-8-4-3-7-13(14)9-11(12)5-1;2*1-2;/h1-10H;2*1H2,2H3;/q;2*-1;+2. The van der Waals surface area contributed by atoms with Crippen molar-refractivity contribution in [3.63, 3.8) is 0 Å². The quantitative estimate of drug-likeness (QED) is 0.285. The molecule has 0 spiro atoms. The summed E-state index contributed by atoms with van der Waals surface area (Å²) in [6.07, 6.45) is 0. The Morgan fingerprint density at radius 1 is 0.526 bits per heavy atom. The Labute approximate surface area is 129 Å². The fourth-order valence-corrected chi connectivity index (χ4v) is 1.88. The molecule has 3 aromatic rings. The minimum atomic E-state index is 0. The van der Waals surface area contributed by atoms with Crippen molar-refractivity contribution in [3.8, 4) is 0 Å². The van der Waals surface area contributed by atoms with E-state index in [1.807, 2.05) is 0 Å². The van der Waals surface area contributed by atoms with Crippen LogP contribution in [-0.4, -0.2) is 0 Å². The van der Waals surface area contributed by atoms with Gasteiger partial charge in [0.15, 0.2) is 0 Å². The molecule has 0 heterocycles. The van der Waals surface area contributed by atoms with Crippen LogP contribution in [0, 0.1) is 13.8 Å².